The van der Waals surface area contributed by atoms with Crippen LogP contribution in [0.1, 0.15) is 92.4 Å². The second kappa shape index (κ2) is 7.75. The Labute approximate surface area is 204 Å². The van der Waals surface area contributed by atoms with E-state index in [0.717, 1.165) is 44.9 Å². The summed E-state index contributed by atoms with van der Waals surface area (Å²) in [7, 11) is 0. The number of carboxylic acids is 1. The highest BCUT2D eigenvalue weighted by Crippen LogP contribution is 2.76. The van der Waals surface area contributed by atoms with Gasteiger partial charge in [-0.25, -0.2) is 4.79 Å². The molecule has 1 heterocycles. The van der Waals surface area contributed by atoms with Crippen molar-refractivity contribution in [1.82, 2.24) is 0 Å². The number of hydrogen-bond donors (Lipinski definition) is 1. The Bertz CT molecular complexity index is 952. The van der Waals surface area contributed by atoms with E-state index in [2.05, 4.69) is 20.8 Å². The number of rotatable bonds is 5. The van der Waals surface area contributed by atoms with Crippen LogP contribution >= 0.6 is 0 Å². The largest absolute Gasteiger partial charge is 0.478 e. The van der Waals surface area contributed by atoms with Gasteiger partial charge < -0.3 is 9.84 Å². The third kappa shape index (κ3) is 2.85. The molecule has 9 unspecified atom stereocenters. The van der Waals surface area contributed by atoms with Gasteiger partial charge in [-0.15, -0.1) is 0 Å². The molecule has 0 aromatic carbocycles. The zero-order valence-electron chi connectivity index (χ0n) is 21.6. The summed E-state index contributed by atoms with van der Waals surface area (Å²) in [6.45, 7) is 11.4. The van der Waals surface area contributed by atoms with E-state index in [1.54, 1.807) is 6.92 Å². The lowest BCUT2D eigenvalue weighted by Crippen LogP contribution is -2.66. The molecule has 5 heteroatoms. The second-order valence-corrected chi connectivity index (χ2v) is 13.0. The number of carboxylic acid groups (broad SMARTS) is 1. The first kappa shape index (κ1) is 24.2. The lowest BCUT2D eigenvalue weighted by molar-refractivity contribution is -0.184. The average molecular weight is 471 g/mol. The molecule has 1 spiro atoms. The average Bonchev–Trinajstić information content (AvgIpc) is 3.18. The van der Waals surface area contributed by atoms with Gasteiger partial charge in [-0.1, -0.05) is 33.8 Å². The number of aliphatic carboxylic acids is 1. The van der Waals surface area contributed by atoms with Crippen molar-refractivity contribution in [2.24, 2.45) is 45.8 Å². The first-order valence-electron chi connectivity index (χ1n) is 13.5. The molecule has 9 atom stereocenters. The fourth-order valence-corrected chi connectivity index (χ4v) is 10.0. The van der Waals surface area contributed by atoms with Crippen molar-refractivity contribution < 1.29 is 24.2 Å². The van der Waals surface area contributed by atoms with Gasteiger partial charge in [0.2, 0.25) is 0 Å². The van der Waals surface area contributed by atoms with Crippen LogP contribution in [0.4, 0.5) is 0 Å². The molecule has 188 valence electrons. The van der Waals surface area contributed by atoms with Crippen molar-refractivity contribution in [3.8, 4) is 0 Å². The van der Waals surface area contributed by atoms with E-state index in [1.807, 2.05) is 13.0 Å². The van der Waals surface area contributed by atoms with E-state index in [9.17, 15) is 14.4 Å². The highest BCUT2D eigenvalue weighted by molar-refractivity contribution is 5.90. The molecular weight excluding hydrogens is 428 g/mol. The minimum atomic E-state index is -0.845. The molecule has 0 radical (unpaired) electrons. The van der Waals surface area contributed by atoms with Crippen molar-refractivity contribution >= 4 is 17.5 Å². The first-order valence-corrected chi connectivity index (χ1v) is 13.5. The Morgan fingerprint density at radius 2 is 1.88 bits per heavy atom. The number of hydrogen-bond acceptors (Lipinski definition) is 4. The fraction of sp³-hybridized carbons (Fsp3) is 0.828. The predicted molar refractivity (Wildman–Crippen MR) is 129 cm³/mol. The highest BCUT2D eigenvalue weighted by atomic mass is 16.5. The van der Waals surface area contributed by atoms with Gasteiger partial charge in [0.1, 0.15) is 11.6 Å². The third-order valence-corrected chi connectivity index (χ3v) is 12.1. The monoisotopic (exact) mass is 470 g/mol. The van der Waals surface area contributed by atoms with Crippen LogP contribution in [0.25, 0.3) is 0 Å². The molecule has 5 fully saturated rings. The molecule has 0 aromatic heterocycles. The summed E-state index contributed by atoms with van der Waals surface area (Å²) in [5, 5.41) is 9.16. The van der Waals surface area contributed by atoms with E-state index >= 15 is 0 Å². The third-order valence-electron chi connectivity index (χ3n) is 12.1. The topological polar surface area (TPSA) is 80.7 Å². The minimum Gasteiger partial charge on any atom is -0.478 e. The van der Waals surface area contributed by atoms with Crippen molar-refractivity contribution in [2.75, 3.05) is 6.61 Å². The van der Waals surface area contributed by atoms with Crippen molar-refractivity contribution in [1.29, 1.82) is 0 Å². The number of ether oxygens (including phenoxy) is 1. The van der Waals surface area contributed by atoms with Crippen LogP contribution in [0.5, 0.6) is 0 Å². The molecule has 5 rings (SSSR count). The minimum absolute atomic E-state index is 0.0380. The maximum absolute atomic E-state index is 14.2. The van der Waals surface area contributed by atoms with Crippen LogP contribution in [-0.2, 0) is 19.1 Å². The molecule has 5 aliphatic rings. The standard InChI is InChI=1S/C29H42O5/c1-17(7-6-8-18(2)25(32)33)20-11-13-26(4)22-12-14-29-19(3)21(30)9-10-23(29)28(22,16-34-29)24(31)15-27(20,26)5/h8,17,19-20,22-23H,6-7,9-16H2,1-5H3,(H,32,33)/b18-8+. The number of fused-ring (bicyclic) bond motifs is 2. The van der Waals surface area contributed by atoms with Gasteiger partial charge in [-0.05, 0) is 80.5 Å². The molecule has 0 amide bonds. The number of allylic oxidation sites excluding steroid dienone is 1. The SMILES string of the molecule is C/C(=C\CCC(C)C1CCC2(C)C3CCC45OCC3(C(=O)CC12C)C4CCC(=O)C5C)C(=O)O. The van der Waals surface area contributed by atoms with Gasteiger partial charge in [0.15, 0.2) is 0 Å². The summed E-state index contributed by atoms with van der Waals surface area (Å²) < 4.78 is 6.58. The van der Waals surface area contributed by atoms with Gasteiger partial charge in [-0.2, -0.15) is 0 Å². The van der Waals surface area contributed by atoms with E-state index in [1.165, 1.54) is 0 Å². The quantitative estimate of drug-likeness (QED) is 0.528. The molecule has 5 nitrogen and oxygen atoms in total. The maximum Gasteiger partial charge on any atom is 0.330 e. The fourth-order valence-electron chi connectivity index (χ4n) is 10.0. The summed E-state index contributed by atoms with van der Waals surface area (Å²) >= 11 is 0. The van der Waals surface area contributed by atoms with E-state index in [4.69, 9.17) is 9.84 Å². The molecule has 4 aliphatic carbocycles. The number of ketones is 2. The van der Waals surface area contributed by atoms with Gasteiger partial charge in [-0.3, -0.25) is 9.59 Å². The number of carbonyl (C=O) groups excluding carboxylic acids is 2. The maximum atomic E-state index is 14.2. The highest BCUT2D eigenvalue weighted by Gasteiger charge is 2.77. The summed E-state index contributed by atoms with van der Waals surface area (Å²) in [4.78, 5) is 38.0. The van der Waals surface area contributed by atoms with Gasteiger partial charge in [0, 0.05) is 30.3 Å². The number of Topliss-reactive ketones (excluding diaryl/α,β-unsaturated/α-hetero) is 2. The molecule has 1 N–H and O–H groups in total. The molecule has 1 aliphatic heterocycles. The van der Waals surface area contributed by atoms with Crippen LogP contribution in [0.2, 0.25) is 0 Å². The van der Waals surface area contributed by atoms with E-state index in [0.29, 0.717) is 54.3 Å². The Morgan fingerprint density at radius 1 is 1.15 bits per heavy atom. The van der Waals surface area contributed by atoms with Gasteiger partial charge >= 0.3 is 5.97 Å². The Balaban J connectivity index is 1.43. The van der Waals surface area contributed by atoms with Gasteiger partial charge in [0.25, 0.3) is 0 Å². The van der Waals surface area contributed by atoms with Crippen LogP contribution in [0.15, 0.2) is 11.6 Å². The summed E-state index contributed by atoms with van der Waals surface area (Å²) in [6, 6.07) is 0. The van der Waals surface area contributed by atoms with E-state index in [-0.39, 0.29) is 22.7 Å². The molecule has 4 saturated carbocycles. The second-order valence-electron chi connectivity index (χ2n) is 13.0. The predicted octanol–water partition coefficient (Wildman–Crippen LogP) is 5.61. The molecule has 2 bridgehead atoms. The normalized spacial score (nSPS) is 48.8. The Kier molecular flexibility index (Phi) is 5.52. The molecule has 34 heavy (non-hydrogen) atoms. The lowest BCUT2D eigenvalue weighted by atomic mass is 9.37. The summed E-state index contributed by atoms with van der Waals surface area (Å²) in [5.74, 6) is 1.22. The Morgan fingerprint density at radius 3 is 2.59 bits per heavy atom. The van der Waals surface area contributed by atoms with Crippen molar-refractivity contribution in [2.45, 2.75) is 98.0 Å². The van der Waals surface area contributed by atoms with Crippen LogP contribution in [0.3, 0.4) is 0 Å². The lowest BCUT2D eigenvalue weighted by Gasteiger charge is -2.64. The van der Waals surface area contributed by atoms with Crippen molar-refractivity contribution in [3.05, 3.63) is 11.6 Å². The summed E-state index contributed by atoms with van der Waals surface area (Å²) in [5.41, 5.74) is -0.343. The first-order chi connectivity index (χ1) is 15.9. The van der Waals surface area contributed by atoms with Crippen molar-refractivity contribution in [3.63, 3.8) is 0 Å². The molecular formula is C29H42O5. The zero-order valence-corrected chi connectivity index (χ0v) is 21.6. The molecule has 1 saturated heterocycles. The smallest absolute Gasteiger partial charge is 0.330 e. The summed E-state index contributed by atoms with van der Waals surface area (Å²) in [6.07, 6.45) is 9.80. The zero-order chi connectivity index (χ0) is 24.7. The Hall–Kier alpha value is -1.49. The van der Waals surface area contributed by atoms with E-state index < -0.39 is 17.0 Å². The van der Waals surface area contributed by atoms with Crippen LogP contribution in [0, 0.1) is 45.8 Å². The molecule has 0 aromatic rings. The van der Waals surface area contributed by atoms with Crippen LogP contribution in [-0.4, -0.2) is 34.9 Å². The van der Waals surface area contributed by atoms with Crippen LogP contribution < -0.4 is 0 Å². The number of carbonyl (C=O) groups is 3. The van der Waals surface area contributed by atoms with Gasteiger partial charge in [0.05, 0.1) is 17.6 Å².